The van der Waals surface area contributed by atoms with E-state index in [1.165, 1.54) is 18.3 Å². The highest BCUT2D eigenvalue weighted by molar-refractivity contribution is 7.21. The van der Waals surface area contributed by atoms with Gasteiger partial charge in [-0.2, -0.15) is 0 Å². The van der Waals surface area contributed by atoms with Crippen LogP contribution in [-0.2, 0) is 4.79 Å². The predicted molar refractivity (Wildman–Crippen MR) is 86.4 cm³/mol. The number of nitrogens with zero attached hydrogens (tertiary/aromatic N) is 1. The number of rotatable bonds is 2. The van der Waals surface area contributed by atoms with Crippen LogP contribution in [0.5, 0.6) is 5.75 Å². The molecule has 0 fully saturated rings. The van der Waals surface area contributed by atoms with E-state index in [0.717, 1.165) is 10.2 Å². The minimum absolute atomic E-state index is 0.400. The maximum atomic E-state index is 11.2. The van der Waals surface area contributed by atoms with Crippen molar-refractivity contribution >= 4 is 50.7 Å². The first-order chi connectivity index (χ1) is 10.0. The first kappa shape index (κ1) is 14.3. The number of benzene rings is 2. The summed E-state index contributed by atoms with van der Waals surface area (Å²) >= 11 is 13.7. The van der Waals surface area contributed by atoms with Crippen molar-refractivity contribution in [2.75, 3.05) is 0 Å². The first-order valence-electron chi connectivity index (χ1n) is 6.08. The zero-order valence-electron chi connectivity index (χ0n) is 10.9. The molecule has 0 amide bonds. The molecular weight excluding hydrogens is 329 g/mol. The molecule has 3 nitrogen and oxygen atoms in total. The van der Waals surface area contributed by atoms with Gasteiger partial charge in [0.25, 0.3) is 0 Å². The molecule has 6 heteroatoms. The highest BCUT2D eigenvalue weighted by atomic mass is 35.5. The second kappa shape index (κ2) is 5.64. The Kier molecular flexibility index (Phi) is 3.85. The third-order valence-corrected chi connectivity index (χ3v) is 4.40. The van der Waals surface area contributed by atoms with Crippen molar-refractivity contribution in [1.29, 1.82) is 0 Å². The molecule has 3 rings (SSSR count). The zero-order valence-corrected chi connectivity index (χ0v) is 13.2. The zero-order chi connectivity index (χ0) is 15.0. The van der Waals surface area contributed by atoms with E-state index in [0.29, 0.717) is 26.4 Å². The molecule has 3 aromatic rings. The van der Waals surface area contributed by atoms with E-state index in [4.69, 9.17) is 27.9 Å². The van der Waals surface area contributed by atoms with Crippen molar-refractivity contribution in [3.63, 3.8) is 0 Å². The molecule has 0 saturated carbocycles. The van der Waals surface area contributed by atoms with Crippen LogP contribution in [0.4, 0.5) is 0 Å². The number of carbonyl (C=O) groups excluding carboxylic acids is 1. The highest BCUT2D eigenvalue weighted by Gasteiger charge is 2.16. The molecule has 0 aliphatic carbocycles. The lowest BCUT2D eigenvalue weighted by Crippen LogP contribution is -2.02. The number of thiazole rings is 1. The molecule has 0 atom stereocenters. The normalized spacial score (nSPS) is 10.8. The Labute approximate surface area is 135 Å². The van der Waals surface area contributed by atoms with Crippen molar-refractivity contribution in [3.8, 4) is 16.3 Å². The standard InChI is InChI=1S/C15H9Cl2NO2S/c1-8(19)20-12-4-2-3-10(17)14(12)15-18-11-7-9(16)5-6-13(11)21-15/h2-7H,1H3. The summed E-state index contributed by atoms with van der Waals surface area (Å²) in [5.74, 6) is 0.00262. The van der Waals surface area contributed by atoms with Crippen LogP contribution < -0.4 is 4.74 Å². The number of esters is 1. The fraction of sp³-hybridized carbons (Fsp3) is 0.0667. The number of carbonyl (C=O) groups is 1. The minimum Gasteiger partial charge on any atom is -0.426 e. The first-order valence-corrected chi connectivity index (χ1v) is 7.65. The molecular formula is C15H9Cl2NO2S. The van der Waals surface area contributed by atoms with Gasteiger partial charge in [0.2, 0.25) is 0 Å². The van der Waals surface area contributed by atoms with Crippen LogP contribution >= 0.6 is 34.5 Å². The van der Waals surface area contributed by atoms with Crippen LogP contribution in [-0.4, -0.2) is 11.0 Å². The quantitative estimate of drug-likeness (QED) is 0.476. The predicted octanol–water partition coefficient (Wildman–Crippen LogP) is 5.20. The monoisotopic (exact) mass is 337 g/mol. The smallest absolute Gasteiger partial charge is 0.308 e. The Balaban J connectivity index is 2.19. The van der Waals surface area contributed by atoms with E-state index in [-0.39, 0.29) is 0 Å². The third kappa shape index (κ3) is 2.88. The molecule has 0 unspecified atom stereocenters. The van der Waals surface area contributed by atoms with E-state index < -0.39 is 5.97 Å². The van der Waals surface area contributed by atoms with Gasteiger partial charge in [0, 0.05) is 11.9 Å². The van der Waals surface area contributed by atoms with Gasteiger partial charge in [0.05, 0.1) is 20.8 Å². The van der Waals surface area contributed by atoms with E-state index in [1.807, 2.05) is 12.1 Å². The van der Waals surface area contributed by atoms with Gasteiger partial charge in [0.1, 0.15) is 10.8 Å². The van der Waals surface area contributed by atoms with Crippen LogP contribution in [0.1, 0.15) is 6.92 Å². The van der Waals surface area contributed by atoms with E-state index >= 15 is 0 Å². The summed E-state index contributed by atoms with van der Waals surface area (Å²) in [7, 11) is 0. The fourth-order valence-corrected chi connectivity index (χ4v) is 3.45. The molecule has 0 N–H and O–H groups in total. The summed E-state index contributed by atoms with van der Waals surface area (Å²) in [6, 6.07) is 10.7. The summed E-state index contributed by atoms with van der Waals surface area (Å²) in [4.78, 5) is 15.8. The van der Waals surface area contributed by atoms with Gasteiger partial charge in [0.15, 0.2) is 0 Å². The van der Waals surface area contributed by atoms with E-state index in [9.17, 15) is 4.79 Å². The maximum Gasteiger partial charge on any atom is 0.308 e. The molecule has 0 bridgehead atoms. The largest absolute Gasteiger partial charge is 0.426 e. The Bertz CT molecular complexity index is 845. The van der Waals surface area contributed by atoms with Crippen molar-refractivity contribution in [1.82, 2.24) is 4.98 Å². The second-order valence-corrected chi connectivity index (χ2v) is 6.21. The van der Waals surface area contributed by atoms with Gasteiger partial charge < -0.3 is 4.74 Å². The number of fused-ring (bicyclic) bond motifs is 1. The van der Waals surface area contributed by atoms with Crippen molar-refractivity contribution in [3.05, 3.63) is 46.4 Å². The number of ether oxygens (including phenoxy) is 1. The average molecular weight is 338 g/mol. The van der Waals surface area contributed by atoms with Gasteiger partial charge in [-0.3, -0.25) is 4.79 Å². The number of aromatic nitrogens is 1. The summed E-state index contributed by atoms with van der Waals surface area (Å²) in [6.07, 6.45) is 0. The molecule has 21 heavy (non-hydrogen) atoms. The summed E-state index contributed by atoms with van der Waals surface area (Å²) in [6.45, 7) is 1.35. The van der Waals surface area contributed by atoms with Crippen molar-refractivity contribution < 1.29 is 9.53 Å². The molecule has 106 valence electrons. The van der Waals surface area contributed by atoms with Gasteiger partial charge in [-0.25, -0.2) is 4.98 Å². The van der Waals surface area contributed by atoms with Crippen LogP contribution in [0.3, 0.4) is 0 Å². The lowest BCUT2D eigenvalue weighted by Gasteiger charge is -2.08. The van der Waals surface area contributed by atoms with Gasteiger partial charge in [-0.1, -0.05) is 29.3 Å². The maximum absolute atomic E-state index is 11.2. The lowest BCUT2D eigenvalue weighted by atomic mass is 10.2. The molecule has 0 aliphatic heterocycles. The van der Waals surface area contributed by atoms with Crippen LogP contribution in [0, 0.1) is 0 Å². The Morgan fingerprint density at radius 2 is 2.05 bits per heavy atom. The average Bonchev–Trinajstić information content (AvgIpc) is 2.80. The van der Waals surface area contributed by atoms with Crippen LogP contribution in [0.25, 0.3) is 20.8 Å². The molecule has 0 aliphatic rings. The highest BCUT2D eigenvalue weighted by Crippen LogP contribution is 2.40. The fourth-order valence-electron chi connectivity index (χ4n) is 1.96. The summed E-state index contributed by atoms with van der Waals surface area (Å²) in [5.41, 5.74) is 1.41. The molecule has 2 aromatic carbocycles. The minimum atomic E-state index is -0.400. The van der Waals surface area contributed by atoms with E-state index in [1.54, 1.807) is 24.3 Å². The summed E-state index contributed by atoms with van der Waals surface area (Å²) < 4.78 is 6.21. The Hall–Kier alpha value is -1.62. The van der Waals surface area contributed by atoms with Crippen molar-refractivity contribution in [2.45, 2.75) is 6.92 Å². The van der Waals surface area contributed by atoms with Crippen LogP contribution in [0.2, 0.25) is 10.0 Å². The van der Waals surface area contributed by atoms with Crippen molar-refractivity contribution in [2.24, 2.45) is 0 Å². The number of hydrogen-bond acceptors (Lipinski definition) is 4. The Morgan fingerprint density at radius 1 is 1.24 bits per heavy atom. The van der Waals surface area contributed by atoms with Gasteiger partial charge in [-0.05, 0) is 30.3 Å². The molecule has 1 heterocycles. The summed E-state index contributed by atoms with van der Waals surface area (Å²) in [5, 5.41) is 1.80. The topological polar surface area (TPSA) is 39.2 Å². The molecule has 0 radical (unpaired) electrons. The van der Waals surface area contributed by atoms with Gasteiger partial charge in [-0.15, -0.1) is 11.3 Å². The lowest BCUT2D eigenvalue weighted by molar-refractivity contribution is -0.131. The molecule has 1 aromatic heterocycles. The van der Waals surface area contributed by atoms with Crippen LogP contribution in [0.15, 0.2) is 36.4 Å². The van der Waals surface area contributed by atoms with E-state index in [2.05, 4.69) is 4.98 Å². The number of halogens is 2. The molecule has 0 spiro atoms. The second-order valence-electron chi connectivity index (χ2n) is 4.34. The third-order valence-electron chi connectivity index (χ3n) is 2.79. The van der Waals surface area contributed by atoms with Gasteiger partial charge >= 0.3 is 5.97 Å². The molecule has 0 saturated heterocycles. The number of hydrogen-bond donors (Lipinski definition) is 0. The SMILES string of the molecule is CC(=O)Oc1cccc(Cl)c1-c1nc2cc(Cl)ccc2s1. The Morgan fingerprint density at radius 3 is 2.81 bits per heavy atom.